The van der Waals surface area contributed by atoms with Crippen LogP contribution in [-0.2, 0) is 27.1 Å². The molecule has 3 heterocycles. The smallest absolute Gasteiger partial charge is 0.297 e. The van der Waals surface area contributed by atoms with Gasteiger partial charge in [-0.3, -0.25) is 0 Å². The summed E-state index contributed by atoms with van der Waals surface area (Å²) in [6.45, 7) is 34.5. The van der Waals surface area contributed by atoms with E-state index in [-0.39, 0.29) is 33.8 Å². The Morgan fingerprint density at radius 3 is 1.43 bits per heavy atom. The average Bonchev–Trinajstić information content (AvgIpc) is 3.81. The first kappa shape index (κ1) is 49.9. The van der Waals surface area contributed by atoms with Gasteiger partial charge in [-0.2, -0.15) is 0 Å². The summed E-state index contributed by atoms with van der Waals surface area (Å²) in [4.78, 5) is 7.59. The van der Waals surface area contributed by atoms with Gasteiger partial charge in [-0.15, -0.1) is 0 Å². The Kier molecular flexibility index (Phi) is 11.8. The molecule has 2 aliphatic heterocycles. The molecule has 0 N–H and O–H groups in total. The third-order valence-electron chi connectivity index (χ3n) is 15.8. The number of rotatable bonds is 6. The van der Waals surface area contributed by atoms with Gasteiger partial charge in [0.25, 0.3) is 6.71 Å². The van der Waals surface area contributed by atoms with Crippen LogP contribution in [0.15, 0.2) is 180 Å². The average molecular weight is 984 g/mol. The first-order valence-electron chi connectivity index (χ1n) is 27.1. The molecule has 0 amide bonds. The van der Waals surface area contributed by atoms with Gasteiger partial charge in [0.05, 0.1) is 22.7 Å². The summed E-state index contributed by atoms with van der Waals surface area (Å²) in [5, 5.41) is 1.16. The van der Waals surface area contributed by atoms with Gasteiger partial charge in [0.15, 0.2) is 0 Å². The fraction of sp³-hybridized carbons (Fsp3) is 0.286. The predicted octanol–water partition coefficient (Wildman–Crippen LogP) is 18.1. The van der Waals surface area contributed by atoms with Gasteiger partial charge in [0.1, 0.15) is 5.58 Å². The van der Waals surface area contributed by atoms with Gasteiger partial charge in [0.2, 0.25) is 0 Å². The molecular formula is C70H74BN3O. The van der Waals surface area contributed by atoms with Crippen LogP contribution in [0.4, 0.5) is 51.2 Å². The molecule has 2 aliphatic rings. The van der Waals surface area contributed by atoms with Crippen molar-refractivity contribution in [3.8, 4) is 11.1 Å². The minimum absolute atomic E-state index is 0.0190. The number of benzene rings is 8. The summed E-state index contributed by atoms with van der Waals surface area (Å²) in [6, 6.07) is 66.5. The molecule has 0 radical (unpaired) electrons. The Balaban J connectivity index is 1.32. The maximum atomic E-state index is 7.56. The number of anilines is 9. The van der Waals surface area contributed by atoms with Crippen molar-refractivity contribution < 1.29 is 4.42 Å². The Morgan fingerprint density at radius 2 is 0.893 bits per heavy atom. The zero-order valence-corrected chi connectivity index (χ0v) is 47.1. The summed E-state index contributed by atoms with van der Waals surface area (Å²) in [5.41, 5.74) is 22.8. The van der Waals surface area contributed by atoms with Gasteiger partial charge in [-0.1, -0.05) is 207 Å². The Morgan fingerprint density at radius 1 is 0.400 bits per heavy atom. The van der Waals surface area contributed by atoms with E-state index in [4.69, 9.17) is 4.42 Å². The summed E-state index contributed by atoms with van der Waals surface area (Å²) >= 11 is 0. The first-order valence-corrected chi connectivity index (χ1v) is 27.1. The van der Waals surface area contributed by atoms with Crippen LogP contribution in [0.2, 0.25) is 0 Å². The van der Waals surface area contributed by atoms with Crippen LogP contribution in [0.25, 0.3) is 22.1 Å². The maximum Gasteiger partial charge on any atom is 0.297 e. The normalized spacial score (nSPS) is 13.7. The lowest BCUT2D eigenvalue weighted by Crippen LogP contribution is -2.61. The molecule has 0 fully saturated rings. The number of fused-ring (bicyclic) bond motifs is 6. The number of hydrogen-bond acceptors (Lipinski definition) is 4. The van der Waals surface area contributed by atoms with E-state index in [0.717, 1.165) is 67.8 Å². The molecule has 75 heavy (non-hydrogen) atoms. The molecule has 378 valence electrons. The quantitative estimate of drug-likeness (QED) is 0.155. The zero-order valence-electron chi connectivity index (χ0n) is 47.1. The SMILES string of the molecule is CC(C)(C)c1ccc(-c2cc(C(C)(C)C)ccc2N2c3ccc(C(C)(C)C)cc3B3c4oc5cccc(C(C)(C)C)c5c4N(c4ccc(C(C)(C)C)cc4)c4cc(N(c5ccccc5)c5ccccc5)cc2c43)cc1. The molecule has 0 unspecified atom stereocenters. The lowest BCUT2D eigenvalue weighted by atomic mass is 9.35. The van der Waals surface area contributed by atoms with Crippen LogP contribution >= 0.6 is 0 Å². The highest BCUT2D eigenvalue weighted by Crippen LogP contribution is 2.53. The molecule has 0 saturated carbocycles. The topological polar surface area (TPSA) is 22.9 Å². The first-order chi connectivity index (χ1) is 35.4. The summed E-state index contributed by atoms with van der Waals surface area (Å²) in [5.74, 6) is 0. The highest BCUT2D eigenvalue weighted by atomic mass is 16.3. The number of hydrogen-bond donors (Lipinski definition) is 0. The Hall–Kier alpha value is -7.24. The van der Waals surface area contributed by atoms with E-state index in [9.17, 15) is 0 Å². The molecule has 8 aromatic carbocycles. The van der Waals surface area contributed by atoms with Crippen molar-refractivity contribution >= 4 is 85.5 Å². The zero-order chi connectivity index (χ0) is 53.1. The number of para-hydroxylation sites is 2. The number of nitrogens with zero attached hydrogens (tertiary/aromatic N) is 3. The lowest BCUT2D eigenvalue weighted by molar-refractivity contribution is 0.590. The highest BCUT2D eigenvalue weighted by molar-refractivity contribution is 7.00. The van der Waals surface area contributed by atoms with Crippen molar-refractivity contribution in [1.29, 1.82) is 0 Å². The minimum atomic E-state index is -0.233. The molecule has 5 heteroatoms. The minimum Gasteiger partial charge on any atom is -0.468 e. The Bertz CT molecular complexity index is 3570. The van der Waals surface area contributed by atoms with Gasteiger partial charge in [-0.05, 0) is 144 Å². The van der Waals surface area contributed by atoms with Crippen molar-refractivity contribution in [3.63, 3.8) is 0 Å². The van der Waals surface area contributed by atoms with Crippen LogP contribution in [0.5, 0.6) is 0 Å². The second-order valence-electron chi connectivity index (χ2n) is 26.4. The van der Waals surface area contributed by atoms with Crippen molar-refractivity contribution in [2.75, 3.05) is 14.7 Å². The molecular weight excluding hydrogens is 910 g/mol. The van der Waals surface area contributed by atoms with Crippen LogP contribution < -0.4 is 31.3 Å². The van der Waals surface area contributed by atoms with Crippen molar-refractivity contribution in [2.24, 2.45) is 0 Å². The Labute approximate surface area is 448 Å². The summed E-state index contributed by atoms with van der Waals surface area (Å²) in [7, 11) is 0. The second kappa shape index (κ2) is 17.7. The summed E-state index contributed by atoms with van der Waals surface area (Å²) < 4.78 is 7.56. The molecule has 0 bridgehead atoms. The van der Waals surface area contributed by atoms with Crippen LogP contribution in [0, 0.1) is 0 Å². The molecule has 1 aromatic heterocycles. The highest BCUT2D eigenvalue weighted by Gasteiger charge is 2.48. The fourth-order valence-electron chi connectivity index (χ4n) is 11.5. The third kappa shape index (κ3) is 8.76. The van der Waals surface area contributed by atoms with Crippen LogP contribution in [0.3, 0.4) is 0 Å². The molecule has 11 rings (SSSR count). The van der Waals surface area contributed by atoms with Crippen molar-refractivity contribution in [2.45, 2.75) is 131 Å². The maximum absolute atomic E-state index is 7.56. The molecule has 0 atom stereocenters. The van der Waals surface area contributed by atoms with E-state index in [2.05, 4.69) is 294 Å². The van der Waals surface area contributed by atoms with Gasteiger partial charge in [-0.25, -0.2) is 0 Å². The van der Waals surface area contributed by atoms with Crippen LogP contribution in [-0.4, -0.2) is 6.71 Å². The molecule has 0 spiro atoms. The molecule has 0 saturated heterocycles. The fourth-order valence-corrected chi connectivity index (χ4v) is 11.5. The van der Waals surface area contributed by atoms with Crippen molar-refractivity contribution in [1.82, 2.24) is 0 Å². The monoisotopic (exact) mass is 984 g/mol. The lowest BCUT2D eigenvalue weighted by Gasteiger charge is -2.44. The van der Waals surface area contributed by atoms with E-state index < -0.39 is 0 Å². The van der Waals surface area contributed by atoms with E-state index in [0.29, 0.717) is 0 Å². The predicted molar refractivity (Wildman–Crippen MR) is 324 cm³/mol. The van der Waals surface area contributed by atoms with E-state index in [1.165, 1.54) is 49.9 Å². The molecule has 4 nitrogen and oxygen atoms in total. The van der Waals surface area contributed by atoms with Crippen molar-refractivity contribution in [3.05, 3.63) is 204 Å². The third-order valence-corrected chi connectivity index (χ3v) is 15.8. The van der Waals surface area contributed by atoms with Gasteiger partial charge >= 0.3 is 0 Å². The van der Waals surface area contributed by atoms with Gasteiger partial charge in [0, 0.05) is 45.1 Å². The van der Waals surface area contributed by atoms with Gasteiger partial charge < -0.3 is 19.1 Å². The largest absolute Gasteiger partial charge is 0.468 e. The van der Waals surface area contributed by atoms with E-state index in [1.54, 1.807) is 0 Å². The standard InChI is InChI=1S/C70H74BN3O/c1-66(2,3)46-31-29-45(30-32-46)54-41-48(68(7,8)9)35-39-57(54)74-58-40-36-49(69(10,11)12)42-56(58)71-63-59(43-53(44-60(63)74)72(50-23-18-16-19-24-50)51-25-20-17-21-26-51)73(52-37-33-47(34-38-52)67(4,5)6)64-62-55(70(13,14)15)27-22-28-61(62)75-65(64)71/h16-44H,1-15H3. The second-order valence-corrected chi connectivity index (χ2v) is 26.4. The van der Waals surface area contributed by atoms with E-state index >= 15 is 0 Å². The number of furan rings is 1. The molecule has 9 aromatic rings. The molecule has 0 aliphatic carbocycles. The van der Waals surface area contributed by atoms with E-state index in [1.807, 2.05) is 0 Å². The summed E-state index contributed by atoms with van der Waals surface area (Å²) in [6.07, 6.45) is 0. The van der Waals surface area contributed by atoms with Crippen LogP contribution in [0.1, 0.15) is 132 Å².